The van der Waals surface area contributed by atoms with Gasteiger partial charge in [0.25, 0.3) is 5.91 Å². The van der Waals surface area contributed by atoms with Gasteiger partial charge in [-0.3, -0.25) is 14.4 Å². The summed E-state index contributed by atoms with van der Waals surface area (Å²) in [6.45, 7) is 3.53. The predicted molar refractivity (Wildman–Crippen MR) is 100 cm³/mol. The molecule has 0 saturated carbocycles. The number of methoxy groups -OCH3 is 1. The van der Waals surface area contributed by atoms with Crippen molar-refractivity contribution < 1.29 is 23.9 Å². The number of carbonyl (C=O) groups excluding carboxylic acids is 3. The fraction of sp³-hybridized carbons (Fsp3) is 0.350. The molecule has 0 aliphatic carbocycles. The van der Waals surface area contributed by atoms with Gasteiger partial charge in [0.05, 0.1) is 19.1 Å². The highest BCUT2D eigenvalue weighted by molar-refractivity contribution is 5.99. The Hall–Kier alpha value is -3.09. The van der Waals surface area contributed by atoms with Crippen molar-refractivity contribution in [3.05, 3.63) is 52.8 Å². The lowest BCUT2D eigenvalue weighted by Crippen LogP contribution is -2.27. The lowest BCUT2D eigenvalue weighted by Gasteiger charge is -2.09. The van der Waals surface area contributed by atoms with Crippen LogP contribution in [0.3, 0.4) is 0 Å². The number of ketones is 1. The lowest BCUT2D eigenvalue weighted by molar-refractivity contribution is -0.142. The van der Waals surface area contributed by atoms with Gasteiger partial charge in [0.2, 0.25) is 5.78 Å². The van der Waals surface area contributed by atoms with Crippen molar-refractivity contribution >= 4 is 17.7 Å². The van der Waals surface area contributed by atoms with Crippen molar-refractivity contribution in [3.8, 4) is 5.75 Å². The van der Waals surface area contributed by atoms with E-state index in [9.17, 15) is 14.4 Å². The molecule has 1 amide bonds. The summed E-state index contributed by atoms with van der Waals surface area (Å²) in [5.74, 6) is -0.681. The van der Waals surface area contributed by atoms with E-state index in [-0.39, 0.29) is 31.3 Å². The molecule has 1 aromatic carbocycles. The summed E-state index contributed by atoms with van der Waals surface area (Å²) < 4.78 is 12.1. The standard InChI is InChI=1S/C20H24N2O5/c1-13-11-16(14(2)22(13)3)17(23)12-27-19(24)9-10-21-20(25)15-7-5-6-8-18(15)26-4/h5-8,11H,9-10,12H2,1-4H3,(H,21,25). The number of nitrogens with zero attached hydrogens (tertiary/aromatic N) is 1. The molecule has 7 nitrogen and oxygen atoms in total. The first-order valence-corrected chi connectivity index (χ1v) is 8.58. The zero-order chi connectivity index (χ0) is 20.0. The van der Waals surface area contributed by atoms with Crippen molar-refractivity contribution in [1.29, 1.82) is 0 Å². The molecular weight excluding hydrogens is 348 g/mol. The Morgan fingerprint density at radius 2 is 1.81 bits per heavy atom. The van der Waals surface area contributed by atoms with Crippen LogP contribution in [0.2, 0.25) is 0 Å². The minimum absolute atomic E-state index is 0.0268. The van der Waals surface area contributed by atoms with Crippen molar-refractivity contribution in [3.63, 3.8) is 0 Å². The quantitative estimate of drug-likeness (QED) is 0.567. The molecule has 1 heterocycles. The monoisotopic (exact) mass is 372 g/mol. The number of aryl methyl sites for hydroxylation is 1. The number of rotatable bonds is 8. The van der Waals surface area contributed by atoms with Crippen molar-refractivity contribution in [1.82, 2.24) is 9.88 Å². The van der Waals surface area contributed by atoms with Crippen molar-refractivity contribution in [2.45, 2.75) is 20.3 Å². The van der Waals surface area contributed by atoms with E-state index in [1.54, 1.807) is 30.3 Å². The molecule has 1 aromatic heterocycles. The Labute approximate surface area is 158 Å². The van der Waals surface area contributed by atoms with Gasteiger partial charge >= 0.3 is 5.97 Å². The van der Waals surface area contributed by atoms with Crippen LogP contribution in [0.4, 0.5) is 0 Å². The highest BCUT2D eigenvalue weighted by Crippen LogP contribution is 2.17. The van der Waals surface area contributed by atoms with Crippen molar-refractivity contribution in [2.24, 2.45) is 7.05 Å². The number of Topliss-reactive ketones (excluding diaryl/α,β-unsaturated/α-hetero) is 1. The average Bonchev–Trinajstić information content (AvgIpc) is 2.93. The number of nitrogens with one attached hydrogen (secondary N) is 1. The zero-order valence-electron chi connectivity index (χ0n) is 16.0. The number of carbonyl (C=O) groups is 3. The SMILES string of the molecule is COc1ccccc1C(=O)NCCC(=O)OCC(=O)c1cc(C)n(C)c1C. The third kappa shape index (κ3) is 4.97. The molecule has 0 spiro atoms. The van der Waals surface area contributed by atoms with Crippen LogP contribution in [-0.4, -0.2) is 42.5 Å². The second-order valence-corrected chi connectivity index (χ2v) is 6.13. The third-order valence-corrected chi connectivity index (χ3v) is 4.41. The lowest BCUT2D eigenvalue weighted by atomic mass is 10.1. The number of ether oxygens (including phenoxy) is 2. The summed E-state index contributed by atoms with van der Waals surface area (Å²) in [6, 6.07) is 8.58. The Morgan fingerprint density at radius 3 is 2.44 bits per heavy atom. The maximum atomic E-state index is 12.2. The Bertz CT molecular complexity index is 854. The molecule has 0 fully saturated rings. The zero-order valence-corrected chi connectivity index (χ0v) is 16.0. The number of benzene rings is 1. The van der Waals surface area contributed by atoms with Crippen LogP contribution in [0, 0.1) is 13.8 Å². The Balaban J connectivity index is 1.78. The summed E-state index contributed by atoms with van der Waals surface area (Å²) in [7, 11) is 3.36. The van der Waals surface area contributed by atoms with E-state index in [1.807, 2.05) is 25.5 Å². The van der Waals surface area contributed by atoms with E-state index in [4.69, 9.17) is 9.47 Å². The van der Waals surface area contributed by atoms with E-state index in [2.05, 4.69) is 5.32 Å². The summed E-state index contributed by atoms with van der Waals surface area (Å²) in [6.07, 6.45) is -0.0268. The van der Waals surface area contributed by atoms with Gasteiger partial charge in [0.15, 0.2) is 6.61 Å². The van der Waals surface area contributed by atoms with Gasteiger partial charge in [0, 0.05) is 30.5 Å². The second-order valence-electron chi connectivity index (χ2n) is 6.13. The van der Waals surface area contributed by atoms with Gasteiger partial charge in [0.1, 0.15) is 5.75 Å². The molecule has 144 valence electrons. The van der Waals surface area contributed by atoms with Gasteiger partial charge in [-0.05, 0) is 32.0 Å². The molecular formula is C20H24N2O5. The molecule has 2 aromatic rings. The van der Waals surface area contributed by atoms with Gasteiger partial charge in [-0.15, -0.1) is 0 Å². The van der Waals surface area contributed by atoms with Crippen molar-refractivity contribution in [2.75, 3.05) is 20.3 Å². The number of hydrogen-bond donors (Lipinski definition) is 1. The van der Waals surface area contributed by atoms with Crippen LogP contribution in [0.15, 0.2) is 30.3 Å². The van der Waals surface area contributed by atoms with E-state index in [1.165, 1.54) is 7.11 Å². The number of amides is 1. The van der Waals surface area contributed by atoms with Crippen LogP contribution in [0.25, 0.3) is 0 Å². The smallest absolute Gasteiger partial charge is 0.308 e. The van der Waals surface area contributed by atoms with E-state index in [0.29, 0.717) is 16.9 Å². The fourth-order valence-corrected chi connectivity index (χ4v) is 2.64. The minimum atomic E-state index is -0.547. The van der Waals surface area contributed by atoms with Gasteiger partial charge in [-0.25, -0.2) is 0 Å². The minimum Gasteiger partial charge on any atom is -0.496 e. The Kier molecular flexibility index (Phi) is 6.76. The van der Waals surface area contributed by atoms with Crippen LogP contribution in [0.1, 0.15) is 38.5 Å². The number of hydrogen-bond acceptors (Lipinski definition) is 5. The molecule has 0 aliphatic heterocycles. The molecule has 0 bridgehead atoms. The molecule has 1 N–H and O–H groups in total. The third-order valence-electron chi connectivity index (χ3n) is 4.41. The van der Waals surface area contributed by atoms with E-state index in [0.717, 1.165) is 11.4 Å². The summed E-state index contributed by atoms with van der Waals surface area (Å²) in [5, 5.41) is 2.64. The summed E-state index contributed by atoms with van der Waals surface area (Å²) >= 11 is 0. The van der Waals surface area contributed by atoms with Crippen LogP contribution in [-0.2, 0) is 16.6 Å². The van der Waals surface area contributed by atoms with Crippen LogP contribution < -0.4 is 10.1 Å². The molecule has 0 aliphatic rings. The maximum Gasteiger partial charge on any atom is 0.308 e. The topological polar surface area (TPSA) is 86.6 Å². The average molecular weight is 372 g/mol. The molecule has 0 atom stereocenters. The number of aromatic nitrogens is 1. The number of esters is 1. The first kappa shape index (κ1) is 20.2. The summed E-state index contributed by atoms with van der Waals surface area (Å²) in [5.41, 5.74) is 2.73. The Morgan fingerprint density at radius 1 is 1.11 bits per heavy atom. The van der Waals surface area contributed by atoms with E-state index >= 15 is 0 Å². The normalized spacial score (nSPS) is 10.4. The molecule has 0 unspecified atom stereocenters. The highest BCUT2D eigenvalue weighted by Gasteiger charge is 2.16. The highest BCUT2D eigenvalue weighted by atomic mass is 16.5. The molecule has 0 radical (unpaired) electrons. The molecule has 27 heavy (non-hydrogen) atoms. The van der Waals surface area contributed by atoms with Crippen LogP contribution in [0.5, 0.6) is 5.75 Å². The maximum absolute atomic E-state index is 12.2. The fourth-order valence-electron chi connectivity index (χ4n) is 2.64. The molecule has 2 rings (SSSR count). The van der Waals surface area contributed by atoms with Crippen LogP contribution >= 0.6 is 0 Å². The summed E-state index contributed by atoms with van der Waals surface area (Å²) in [4.78, 5) is 36.1. The van der Waals surface area contributed by atoms with Gasteiger partial charge < -0.3 is 19.4 Å². The van der Waals surface area contributed by atoms with Gasteiger partial charge in [-0.1, -0.05) is 12.1 Å². The largest absolute Gasteiger partial charge is 0.496 e. The molecule has 0 saturated heterocycles. The first-order chi connectivity index (χ1) is 12.8. The first-order valence-electron chi connectivity index (χ1n) is 8.58. The second kappa shape index (κ2) is 9.02. The number of para-hydroxylation sites is 1. The predicted octanol–water partition coefficient (Wildman–Crippen LogP) is 2.20. The molecule has 7 heteroatoms. The van der Waals surface area contributed by atoms with E-state index < -0.39 is 5.97 Å². The van der Waals surface area contributed by atoms with Gasteiger partial charge in [-0.2, -0.15) is 0 Å².